The van der Waals surface area contributed by atoms with Gasteiger partial charge in [0.25, 0.3) is 0 Å². The summed E-state index contributed by atoms with van der Waals surface area (Å²) in [4.78, 5) is 12.3. The third-order valence-electron chi connectivity index (χ3n) is 2.75. The second-order valence-corrected chi connectivity index (χ2v) is 5.19. The molecule has 1 aromatic rings. The number of hydrogen-bond donors (Lipinski definition) is 4. The first-order chi connectivity index (χ1) is 9.50. The van der Waals surface area contributed by atoms with E-state index in [1.165, 1.54) is 0 Å². The molecule has 0 bridgehead atoms. The molecule has 8 heteroatoms. The van der Waals surface area contributed by atoms with Gasteiger partial charge in [0.2, 0.25) is 11.9 Å². The van der Waals surface area contributed by atoms with Gasteiger partial charge in [-0.2, -0.15) is 15.0 Å². The van der Waals surface area contributed by atoms with E-state index in [0.29, 0.717) is 19.1 Å². The highest BCUT2D eigenvalue weighted by Crippen LogP contribution is 2.22. The van der Waals surface area contributed by atoms with E-state index in [-0.39, 0.29) is 24.0 Å². The summed E-state index contributed by atoms with van der Waals surface area (Å²) in [7, 11) is 0. The van der Waals surface area contributed by atoms with E-state index in [2.05, 4.69) is 39.5 Å². The lowest BCUT2D eigenvalue weighted by Gasteiger charge is -2.24. The van der Waals surface area contributed by atoms with E-state index in [1.54, 1.807) is 0 Å². The summed E-state index contributed by atoms with van der Waals surface area (Å²) in [6.07, 6.45) is 1.67. The fourth-order valence-corrected chi connectivity index (χ4v) is 1.66. The second kappa shape index (κ2) is 7.81. The minimum Gasteiger partial charge on any atom is -0.464 e. The molecule has 0 aliphatic heterocycles. The van der Waals surface area contributed by atoms with Crippen molar-refractivity contribution < 1.29 is 9.84 Å². The molecular formula is C12H24N6O2. The lowest BCUT2D eigenvalue weighted by molar-refractivity contribution is 0.247. The number of nitrogens with two attached hydrogens (primary N) is 1. The predicted octanol–water partition coefficient (Wildman–Crippen LogP) is 0.766. The molecule has 0 aromatic carbocycles. The van der Waals surface area contributed by atoms with Crippen molar-refractivity contribution in [3.8, 4) is 6.01 Å². The minimum absolute atomic E-state index is 0.0252. The molecule has 0 aliphatic rings. The zero-order chi connectivity index (χ0) is 15.0. The number of nitrogens with one attached hydrogen (secondary N) is 2. The number of nitrogen functional groups attached to an aromatic ring is 1. The zero-order valence-corrected chi connectivity index (χ0v) is 12.3. The van der Waals surface area contributed by atoms with Crippen LogP contribution in [-0.2, 0) is 0 Å². The summed E-state index contributed by atoms with van der Waals surface area (Å²) in [5.74, 6) is 5.98. The smallest absolute Gasteiger partial charge is 0.323 e. The first-order valence-electron chi connectivity index (χ1n) is 6.71. The number of aliphatic hydroxyl groups is 1. The number of ether oxygens (including phenoxy) is 1. The van der Waals surface area contributed by atoms with Gasteiger partial charge in [0, 0.05) is 13.2 Å². The molecule has 1 rings (SSSR count). The first kappa shape index (κ1) is 16.4. The Morgan fingerprint density at radius 1 is 1.25 bits per heavy atom. The number of aromatic nitrogens is 3. The maximum absolute atomic E-state index is 8.89. The van der Waals surface area contributed by atoms with Crippen LogP contribution in [0.25, 0.3) is 0 Å². The van der Waals surface area contributed by atoms with Crippen molar-refractivity contribution in [2.45, 2.75) is 33.6 Å². The van der Waals surface area contributed by atoms with E-state index in [0.717, 1.165) is 12.8 Å². The number of hydrogen-bond acceptors (Lipinski definition) is 8. The molecule has 0 unspecified atom stereocenters. The molecule has 0 saturated carbocycles. The lowest BCUT2D eigenvalue weighted by atomic mass is 9.88. The van der Waals surface area contributed by atoms with Crippen molar-refractivity contribution in [2.24, 2.45) is 11.3 Å². The van der Waals surface area contributed by atoms with Crippen molar-refractivity contribution >= 4 is 11.9 Å². The van der Waals surface area contributed by atoms with Gasteiger partial charge in [-0.15, -0.1) is 0 Å². The van der Waals surface area contributed by atoms with Crippen molar-refractivity contribution in [3.05, 3.63) is 0 Å². The average molecular weight is 284 g/mol. The molecule has 0 atom stereocenters. The molecule has 5 N–H and O–H groups in total. The van der Waals surface area contributed by atoms with Crippen LogP contribution < -0.4 is 21.3 Å². The highest BCUT2D eigenvalue weighted by Gasteiger charge is 2.18. The van der Waals surface area contributed by atoms with E-state index in [9.17, 15) is 0 Å². The normalized spacial score (nSPS) is 11.2. The molecule has 0 aliphatic carbocycles. The zero-order valence-electron chi connectivity index (χ0n) is 12.3. The summed E-state index contributed by atoms with van der Waals surface area (Å²) in [5, 5.41) is 12.0. The molecule has 0 radical (unpaired) electrons. The molecule has 0 amide bonds. The number of nitrogens with zero attached hydrogens (tertiary/aromatic N) is 3. The van der Waals surface area contributed by atoms with Crippen LogP contribution in [0.2, 0.25) is 0 Å². The highest BCUT2D eigenvalue weighted by atomic mass is 16.5. The molecule has 0 saturated heterocycles. The number of aliphatic hydroxyl groups excluding tert-OH is 1. The predicted molar refractivity (Wildman–Crippen MR) is 77.4 cm³/mol. The summed E-state index contributed by atoms with van der Waals surface area (Å²) in [6, 6.07) is 0.228. The Kier molecular flexibility index (Phi) is 6.40. The molecule has 114 valence electrons. The molecular weight excluding hydrogens is 260 g/mol. The largest absolute Gasteiger partial charge is 0.464 e. The van der Waals surface area contributed by atoms with E-state index < -0.39 is 0 Å². The molecule has 1 aromatic heterocycles. The third kappa shape index (κ3) is 5.54. The van der Waals surface area contributed by atoms with Gasteiger partial charge < -0.3 is 15.2 Å². The average Bonchev–Trinajstić information content (AvgIpc) is 2.43. The van der Waals surface area contributed by atoms with Gasteiger partial charge in [0.15, 0.2) is 0 Å². The van der Waals surface area contributed by atoms with Crippen molar-refractivity contribution in [3.63, 3.8) is 0 Å². The van der Waals surface area contributed by atoms with Crippen LogP contribution in [0.15, 0.2) is 0 Å². The summed E-state index contributed by atoms with van der Waals surface area (Å²) >= 11 is 0. The maximum atomic E-state index is 8.89. The third-order valence-corrected chi connectivity index (χ3v) is 2.75. The Morgan fingerprint density at radius 2 is 1.95 bits per heavy atom. The van der Waals surface area contributed by atoms with Gasteiger partial charge in [-0.3, -0.25) is 5.43 Å². The Hall–Kier alpha value is -1.67. The van der Waals surface area contributed by atoms with Crippen LogP contribution >= 0.6 is 0 Å². The fraction of sp³-hybridized carbons (Fsp3) is 0.750. The first-order valence-corrected chi connectivity index (χ1v) is 6.71. The summed E-state index contributed by atoms with van der Waals surface area (Å²) in [5.41, 5.74) is 2.41. The second-order valence-electron chi connectivity index (χ2n) is 5.19. The van der Waals surface area contributed by atoms with Crippen molar-refractivity contribution in [2.75, 3.05) is 30.5 Å². The van der Waals surface area contributed by atoms with Gasteiger partial charge in [0.1, 0.15) is 0 Å². The quantitative estimate of drug-likeness (QED) is 0.388. The van der Waals surface area contributed by atoms with Gasteiger partial charge >= 0.3 is 6.01 Å². The van der Waals surface area contributed by atoms with Crippen LogP contribution in [0.5, 0.6) is 6.01 Å². The number of anilines is 2. The van der Waals surface area contributed by atoms with Crippen LogP contribution in [0.4, 0.5) is 11.9 Å². The van der Waals surface area contributed by atoms with E-state index >= 15 is 0 Å². The standard InChI is InChI=1S/C12H24N6O2/c1-4-20-11-16-9(15-10(17-11)18-13)14-8-12(2,3)6-5-7-19/h19H,4-8,13H2,1-3H3,(H2,14,15,16,17,18). The van der Waals surface area contributed by atoms with Crippen LogP contribution in [0, 0.1) is 5.41 Å². The van der Waals surface area contributed by atoms with Crippen LogP contribution in [-0.4, -0.2) is 39.8 Å². The Bertz CT molecular complexity index is 413. The number of rotatable bonds is 9. The van der Waals surface area contributed by atoms with Crippen molar-refractivity contribution in [1.82, 2.24) is 15.0 Å². The lowest BCUT2D eigenvalue weighted by Crippen LogP contribution is -2.25. The van der Waals surface area contributed by atoms with E-state index in [4.69, 9.17) is 15.7 Å². The SMILES string of the molecule is CCOc1nc(NN)nc(NCC(C)(C)CCCO)n1. The van der Waals surface area contributed by atoms with Gasteiger partial charge in [-0.25, -0.2) is 5.84 Å². The molecule has 20 heavy (non-hydrogen) atoms. The summed E-state index contributed by atoms with van der Waals surface area (Å²) in [6.45, 7) is 7.42. The minimum atomic E-state index is 0.0252. The summed E-state index contributed by atoms with van der Waals surface area (Å²) < 4.78 is 5.26. The molecule has 1 heterocycles. The molecule has 0 spiro atoms. The highest BCUT2D eigenvalue weighted by molar-refractivity contribution is 5.35. The van der Waals surface area contributed by atoms with E-state index in [1.807, 2.05) is 6.92 Å². The Morgan fingerprint density at radius 3 is 2.55 bits per heavy atom. The Labute approximate surface area is 119 Å². The molecule has 0 fully saturated rings. The van der Waals surface area contributed by atoms with Gasteiger partial charge in [0.05, 0.1) is 6.61 Å². The van der Waals surface area contributed by atoms with Crippen LogP contribution in [0.3, 0.4) is 0 Å². The molecule has 8 nitrogen and oxygen atoms in total. The maximum Gasteiger partial charge on any atom is 0.323 e. The van der Waals surface area contributed by atoms with Gasteiger partial charge in [-0.05, 0) is 25.2 Å². The topological polar surface area (TPSA) is 118 Å². The van der Waals surface area contributed by atoms with Crippen molar-refractivity contribution in [1.29, 1.82) is 0 Å². The van der Waals surface area contributed by atoms with Gasteiger partial charge in [-0.1, -0.05) is 13.8 Å². The van der Waals surface area contributed by atoms with Crippen LogP contribution in [0.1, 0.15) is 33.6 Å². The monoisotopic (exact) mass is 284 g/mol. The Balaban J connectivity index is 2.68. The fourth-order valence-electron chi connectivity index (χ4n) is 1.66. The number of hydrazine groups is 1.